The molecule has 1 aromatic carbocycles. The number of carbonyl (C=O) groups excluding carboxylic acids is 1. The quantitative estimate of drug-likeness (QED) is 0.814. The highest BCUT2D eigenvalue weighted by molar-refractivity contribution is 5.74. The maximum Gasteiger partial charge on any atom is 0.315 e. The Morgan fingerprint density at radius 2 is 1.88 bits per heavy atom. The predicted octanol–water partition coefficient (Wildman–Crippen LogP) is 4.24. The lowest BCUT2D eigenvalue weighted by atomic mass is 9.97. The fourth-order valence-corrected chi connectivity index (χ4v) is 2.92. The van der Waals surface area contributed by atoms with E-state index in [9.17, 15) is 13.6 Å². The minimum absolute atomic E-state index is 0.181. The lowest BCUT2D eigenvalue weighted by Crippen LogP contribution is -2.42. The number of ether oxygens (including phenoxy) is 1. The molecule has 1 aromatic rings. The topological polar surface area (TPSA) is 50.4 Å². The first-order valence-corrected chi connectivity index (χ1v) is 8.68. The van der Waals surface area contributed by atoms with Gasteiger partial charge in [-0.15, -0.1) is 0 Å². The van der Waals surface area contributed by atoms with Gasteiger partial charge < -0.3 is 15.4 Å². The summed E-state index contributed by atoms with van der Waals surface area (Å²) >= 11 is 0. The van der Waals surface area contributed by atoms with Gasteiger partial charge >= 0.3 is 6.03 Å². The van der Waals surface area contributed by atoms with Gasteiger partial charge in [-0.25, -0.2) is 13.6 Å². The van der Waals surface area contributed by atoms with Crippen molar-refractivity contribution in [3.8, 4) is 5.75 Å². The van der Waals surface area contributed by atoms with Gasteiger partial charge in [0, 0.05) is 12.6 Å². The highest BCUT2D eigenvalue weighted by atomic mass is 19.3. The van der Waals surface area contributed by atoms with Crippen LogP contribution in [0.1, 0.15) is 50.5 Å². The molecule has 0 aromatic heterocycles. The Hall–Kier alpha value is -1.85. The van der Waals surface area contributed by atoms with Crippen molar-refractivity contribution < 1.29 is 18.3 Å². The SMILES string of the molecule is O=C(NCc1cccc(OCC(F)F)c1)NC1CCCCCCC1. The second kappa shape index (κ2) is 10.1. The Bertz CT molecular complexity index is 504. The lowest BCUT2D eigenvalue weighted by molar-refractivity contribution is 0.0818. The molecule has 0 atom stereocenters. The molecule has 0 saturated heterocycles. The van der Waals surface area contributed by atoms with E-state index in [-0.39, 0.29) is 12.1 Å². The number of rotatable bonds is 6. The molecule has 0 spiro atoms. The third kappa shape index (κ3) is 7.15. The largest absolute Gasteiger partial charge is 0.488 e. The predicted molar refractivity (Wildman–Crippen MR) is 89.4 cm³/mol. The van der Waals surface area contributed by atoms with Crippen molar-refractivity contribution in [1.82, 2.24) is 10.6 Å². The number of hydrogen-bond acceptors (Lipinski definition) is 2. The molecule has 2 rings (SSSR count). The van der Waals surface area contributed by atoms with Gasteiger partial charge in [0.1, 0.15) is 12.4 Å². The van der Waals surface area contributed by atoms with Crippen LogP contribution >= 0.6 is 0 Å². The summed E-state index contributed by atoms with van der Waals surface area (Å²) in [6.45, 7) is -0.288. The van der Waals surface area contributed by atoms with Crippen molar-refractivity contribution in [1.29, 1.82) is 0 Å². The van der Waals surface area contributed by atoms with Crippen LogP contribution in [0.5, 0.6) is 5.75 Å². The van der Waals surface area contributed by atoms with Gasteiger partial charge in [-0.1, -0.05) is 44.2 Å². The van der Waals surface area contributed by atoms with E-state index < -0.39 is 13.0 Å². The van der Waals surface area contributed by atoms with Crippen molar-refractivity contribution in [2.75, 3.05) is 6.61 Å². The highest BCUT2D eigenvalue weighted by Gasteiger charge is 2.13. The van der Waals surface area contributed by atoms with E-state index in [1.54, 1.807) is 18.2 Å². The Labute approximate surface area is 142 Å². The summed E-state index contributed by atoms with van der Waals surface area (Å²) in [6.07, 6.45) is 5.66. The van der Waals surface area contributed by atoms with E-state index >= 15 is 0 Å². The van der Waals surface area contributed by atoms with Crippen LogP contribution < -0.4 is 15.4 Å². The monoisotopic (exact) mass is 340 g/mol. The number of hydrogen-bond donors (Lipinski definition) is 2. The van der Waals surface area contributed by atoms with Gasteiger partial charge in [0.15, 0.2) is 0 Å². The van der Waals surface area contributed by atoms with Gasteiger partial charge in [0.05, 0.1) is 0 Å². The molecule has 134 valence electrons. The van der Waals surface area contributed by atoms with Crippen molar-refractivity contribution in [3.63, 3.8) is 0 Å². The number of halogens is 2. The molecule has 0 radical (unpaired) electrons. The van der Waals surface area contributed by atoms with E-state index in [1.165, 1.54) is 19.3 Å². The molecule has 0 heterocycles. The minimum atomic E-state index is -2.50. The van der Waals surface area contributed by atoms with Gasteiger partial charge in [0.25, 0.3) is 6.43 Å². The Balaban J connectivity index is 1.75. The summed E-state index contributed by atoms with van der Waals surface area (Å²) in [5.41, 5.74) is 0.814. The maximum atomic E-state index is 12.2. The maximum absolute atomic E-state index is 12.2. The van der Waals surface area contributed by atoms with E-state index in [0.29, 0.717) is 12.3 Å². The van der Waals surface area contributed by atoms with Crippen molar-refractivity contribution in [2.45, 2.75) is 64.0 Å². The molecule has 1 saturated carbocycles. The molecule has 24 heavy (non-hydrogen) atoms. The Morgan fingerprint density at radius 3 is 2.58 bits per heavy atom. The summed E-state index contributed by atoms with van der Waals surface area (Å²) in [5, 5.41) is 5.85. The van der Waals surface area contributed by atoms with Crippen LogP contribution in [0, 0.1) is 0 Å². The third-order valence-corrected chi connectivity index (χ3v) is 4.17. The molecule has 1 fully saturated rings. The number of carbonyl (C=O) groups is 1. The standard InChI is InChI=1S/C18H26F2N2O2/c19-17(20)13-24-16-10-6-7-14(11-16)12-21-18(23)22-15-8-4-2-1-3-5-9-15/h6-7,10-11,15,17H,1-5,8-9,12-13H2,(H2,21,22,23). The van der Waals surface area contributed by atoms with Crippen LogP contribution in [0.3, 0.4) is 0 Å². The van der Waals surface area contributed by atoms with Gasteiger partial charge in [-0.05, 0) is 30.5 Å². The number of nitrogens with one attached hydrogen (secondary N) is 2. The Kier molecular flexibility index (Phi) is 7.79. The Morgan fingerprint density at radius 1 is 1.17 bits per heavy atom. The first-order valence-electron chi connectivity index (χ1n) is 8.68. The normalized spacial score (nSPS) is 16.3. The summed E-state index contributed by atoms with van der Waals surface area (Å²) in [7, 11) is 0. The first-order chi connectivity index (χ1) is 11.6. The van der Waals surface area contributed by atoms with Crippen LogP contribution in [-0.4, -0.2) is 25.1 Å². The molecule has 0 bridgehead atoms. The van der Waals surface area contributed by atoms with Gasteiger partial charge in [-0.2, -0.15) is 0 Å². The zero-order valence-electron chi connectivity index (χ0n) is 13.9. The molecular weight excluding hydrogens is 314 g/mol. The number of amides is 2. The van der Waals surface area contributed by atoms with E-state index in [1.807, 2.05) is 6.07 Å². The molecule has 6 heteroatoms. The second-order valence-corrected chi connectivity index (χ2v) is 6.22. The summed E-state index contributed by atoms with van der Waals surface area (Å²) in [6, 6.07) is 6.90. The average molecular weight is 340 g/mol. The van der Waals surface area contributed by atoms with Crippen molar-refractivity contribution in [3.05, 3.63) is 29.8 Å². The van der Waals surface area contributed by atoms with Crippen molar-refractivity contribution in [2.24, 2.45) is 0 Å². The second-order valence-electron chi connectivity index (χ2n) is 6.22. The first kappa shape index (κ1) is 18.5. The molecule has 2 amide bonds. The lowest BCUT2D eigenvalue weighted by Gasteiger charge is -2.21. The summed E-state index contributed by atoms with van der Waals surface area (Å²) < 4.78 is 29.3. The molecule has 1 aliphatic rings. The molecule has 0 unspecified atom stereocenters. The van der Waals surface area contributed by atoms with Crippen LogP contribution in [0.2, 0.25) is 0 Å². The summed E-state index contributed by atoms with van der Waals surface area (Å²) in [5.74, 6) is 0.384. The fraction of sp³-hybridized carbons (Fsp3) is 0.611. The molecule has 4 nitrogen and oxygen atoms in total. The zero-order valence-corrected chi connectivity index (χ0v) is 13.9. The number of benzene rings is 1. The van der Waals surface area contributed by atoms with Gasteiger partial charge in [-0.3, -0.25) is 0 Å². The zero-order chi connectivity index (χ0) is 17.2. The molecule has 1 aliphatic carbocycles. The van der Waals surface area contributed by atoms with Gasteiger partial charge in [0.2, 0.25) is 0 Å². The van der Waals surface area contributed by atoms with E-state index in [4.69, 9.17) is 4.74 Å². The molecule has 2 N–H and O–H groups in total. The van der Waals surface area contributed by atoms with Crippen molar-refractivity contribution >= 4 is 6.03 Å². The number of alkyl halides is 2. The van der Waals surface area contributed by atoms with Crippen LogP contribution in [0.4, 0.5) is 13.6 Å². The number of urea groups is 1. The van der Waals surface area contributed by atoms with Crippen LogP contribution in [-0.2, 0) is 6.54 Å². The highest BCUT2D eigenvalue weighted by Crippen LogP contribution is 2.17. The average Bonchev–Trinajstić information content (AvgIpc) is 2.54. The summed E-state index contributed by atoms with van der Waals surface area (Å²) in [4.78, 5) is 12.0. The third-order valence-electron chi connectivity index (χ3n) is 4.17. The molecule has 0 aliphatic heterocycles. The van der Waals surface area contributed by atoms with E-state index in [0.717, 1.165) is 31.2 Å². The van der Waals surface area contributed by atoms with E-state index in [2.05, 4.69) is 10.6 Å². The molecular formula is C18H26F2N2O2. The fourth-order valence-electron chi connectivity index (χ4n) is 2.92. The van der Waals surface area contributed by atoms with Crippen LogP contribution in [0.25, 0.3) is 0 Å². The minimum Gasteiger partial charge on any atom is -0.488 e. The smallest absolute Gasteiger partial charge is 0.315 e. The van der Waals surface area contributed by atoms with Crippen LogP contribution in [0.15, 0.2) is 24.3 Å².